The van der Waals surface area contributed by atoms with Gasteiger partial charge in [0.15, 0.2) is 0 Å². The summed E-state index contributed by atoms with van der Waals surface area (Å²) in [4.78, 5) is 28.1. The first-order valence-corrected chi connectivity index (χ1v) is 10.1. The zero-order valence-electron chi connectivity index (χ0n) is 16.8. The van der Waals surface area contributed by atoms with Gasteiger partial charge in [0.05, 0.1) is 25.2 Å². The maximum Gasteiger partial charge on any atom is 0.317 e. The van der Waals surface area contributed by atoms with Crippen LogP contribution in [0.5, 0.6) is 0 Å². The number of carbonyl (C=O) groups excluding carboxylic acids is 1. The molecule has 2 heterocycles. The normalized spacial score (nSPS) is 24.6. The van der Waals surface area contributed by atoms with Gasteiger partial charge in [-0.1, -0.05) is 36.8 Å². The van der Waals surface area contributed by atoms with Crippen molar-refractivity contribution in [1.82, 2.24) is 15.1 Å². The molecule has 7 heteroatoms. The Morgan fingerprint density at radius 3 is 2.54 bits per heavy atom. The molecule has 3 rings (SSSR count). The van der Waals surface area contributed by atoms with Crippen molar-refractivity contribution in [2.75, 3.05) is 45.9 Å². The van der Waals surface area contributed by atoms with Crippen molar-refractivity contribution >= 4 is 12.0 Å². The van der Waals surface area contributed by atoms with Crippen LogP contribution in [0.2, 0.25) is 0 Å². The van der Waals surface area contributed by atoms with E-state index in [9.17, 15) is 14.7 Å². The predicted octanol–water partition coefficient (Wildman–Crippen LogP) is 2.12. The topological polar surface area (TPSA) is 82.1 Å². The van der Waals surface area contributed by atoms with E-state index < -0.39 is 11.9 Å². The second kappa shape index (κ2) is 9.39. The first-order valence-electron chi connectivity index (χ1n) is 10.1. The summed E-state index contributed by atoms with van der Waals surface area (Å²) >= 11 is 0. The number of urea groups is 1. The Morgan fingerprint density at radius 2 is 1.89 bits per heavy atom. The molecule has 1 aromatic rings. The van der Waals surface area contributed by atoms with Crippen LogP contribution in [-0.2, 0) is 9.53 Å². The summed E-state index contributed by atoms with van der Waals surface area (Å²) in [5.74, 6) is -1.12. The lowest BCUT2D eigenvalue weighted by atomic mass is 9.91. The molecule has 0 radical (unpaired) electrons. The molecule has 7 nitrogen and oxygen atoms in total. The highest BCUT2D eigenvalue weighted by atomic mass is 16.5. The number of hydrogen-bond donors (Lipinski definition) is 2. The summed E-state index contributed by atoms with van der Waals surface area (Å²) in [7, 11) is 0. The molecule has 2 aliphatic heterocycles. The van der Waals surface area contributed by atoms with Gasteiger partial charge in [0.25, 0.3) is 0 Å². The maximum absolute atomic E-state index is 12.8. The number of likely N-dealkylation sites (tertiary alicyclic amines) is 1. The molecule has 2 aliphatic rings. The number of carbonyl (C=O) groups is 2. The van der Waals surface area contributed by atoms with Crippen LogP contribution in [0.3, 0.4) is 0 Å². The predicted molar refractivity (Wildman–Crippen MR) is 106 cm³/mol. The third-order valence-electron chi connectivity index (χ3n) is 5.69. The molecule has 0 aliphatic carbocycles. The third-order valence-corrected chi connectivity index (χ3v) is 5.69. The van der Waals surface area contributed by atoms with Crippen molar-refractivity contribution in [3.8, 4) is 0 Å². The number of piperidine rings is 1. The quantitative estimate of drug-likeness (QED) is 0.806. The Bertz CT molecular complexity index is 673. The second-order valence-electron chi connectivity index (χ2n) is 8.04. The van der Waals surface area contributed by atoms with Crippen molar-refractivity contribution in [2.24, 2.45) is 11.8 Å². The summed E-state index contributed by atoms with van der Waals surface area (Å²) in [6.07, 6.45) is 0.624. The fraction of sp³-hybridized carbons (Fsp3) is 0.619. The van der Waals surface area contributed by atoms with E-state index in [4.69, 9.17) is 4.74 Å². The van der Waals surface area contributed by atoms with E-state index in [0.29, 0.717) is 32.7 Å². The van der Waals surface area contributed by atoms with E-state index in [0.717, 1.165) is 13.1 Å². The van der Waals surface area contributed by atoms with Crippen molar-refractivity contribution < 1.29 is 19.4 Å². The number of amides is 2. The smallest absolute Gasteiger partial charge is 0.317 e. The highest BCUT2D eigenvalue weighted by Gasteiger charge is 2.32. The highest BCUT2D eigenvalue weighted by Crippen LogP contribution is 2.24. The van der Waals surface area contributed by atoms with Gasteiger partial charge < -0.3 is 20.1 Å². The minimum absolute atomic E-state index is 0.0749. The van der Waals surface area contributed by atoms with E-state index in [2.05, 4.69) is 41.4 Å². The first-order chi connectivity index (χ1) is 13.4. The van der Waals surface area contributed by atoms with Gasteiger partial charge in [-0.3, -0.25) is 9.69 Å². The number of aliphatic carboxylic acids is 1. The van der Waals surface area contributed by atoms with Crippen LogP contribution >= 0.6 is 0 Å². The number of aryl methyl sites for hydroxylation is 1. The molecule has 2 fully saturated rings. The molecular formula is C21H31N3O4. The molecule has 28 heavy (non-hydrogen) atoms. The Kier molecular flexibility index (Phi) is 6.91. The van der Waals surface area contributed by atoms with Crippen LogP contribution in [-0.4, -0.2) is 72.8 Å². The molecule has 2 saturated heterocycles. The summed E-state index contributed by atoms with van der Waals surface area (Å²) in [6, 6.07) is 8.31. The van der Waals surface area contributed by atoms with Crippen molar-refractivity contribution in [3.63, 3.8) is 0 Å². The van der Waals surface area contributed by atoms with Gasteiger partial charge in [-0.05, 0) is 24.8 Å². The third kappa shape index (κ3) is 5.23. The Balaban J connectivity index is 1.66. The molecule has 0 aromatic heterocycles. The summed E-state index contributed by atoms with van der Waals surface area (Å²) in [5.41, 5.74) is 2.37. The van der Waals surface area contributed by atoms with Crippen LogP contribution < -0.4 is 5.32 Å². The standard InChI is InChI=1S/C21H31N3O4/c1-15-3-5-17(6-4-15)19(23-7-9-28-10-8-23)12-22-21(27)24-13-16(2)11-18(14-24)20(25)26/h3-6,16,18-19H,7-14H2,1-2H3,(H,22,27)(H,25,26). The number of hydrogen-bond acceptors (Lipinski definition) is 4. The van der Waals surface area contributed by atoms with Crippen LogP contribution in [0.1, 0.15) is 30.5 Å². The van der Waals surface area contributed by atoms with E-state index in [1.54, 1.807) is 4.90 Å². The molecular weight excluding hydrogens is 358 g/mol. The number of ether oxygens (including phenoxy) is 1. The van der Waals surface area contributed by atoms with Crippen LogP contribution in [0.25, 0.3) is 0 Å². The zero-order valence-corrected chi connectivity index (χ0v) is 16.8. The number of carboxylic acids is 1. The highest BCUT2D eigenvalue weighted by molar-refractivity contribution is 5.76. The van der Waals surface area contributed by atoms with Gasteiger partial charge in [0.2, 0.25) is 0 Å². The Hall–Kier alpha value is -2.12. The summed E-state index contributed by atoms with van der Waals surface area (Å²) < 4.78 is 5.48. The first kappa shape index (κ1) is 20.6. The van der Waals surface area contributed by atoms with Gasteiger partial charge in [-0.25, -0.2) is 4.79 Å². The zero-order chi connectivity index (χ0) is 20.1. The Morgan fingerprint density at radius 1 is 1.21 bits per heavy atom. The van der Waals surface area contributed by atoms with E-state index in [1.807, 2.05) is 6.92 Å². The van der Waals surface area contributed by atoms with E-state index in [1.165, 1.54) is 11.1 Å². The SMILES string of the molecule is Cc1ccc(C(CNC(=O)N2CC(C)CC(C(=O)O)C2)N2CCOCC2)cc1. The van der Waals surface area contributed by atoms with Crippen LogP contribution in [0, 0.1) is 18.8 Å². The Labute approximate surface area is 166 Å². The maximum atomic E-state index is 12.8. The summed E-state index contributed by atoms with van der Waals surface area (Å²) in [5, 5.41) is 12.4. The molecule has 2 N–H and O–H groups in total. The number of nitrogens with one attached hydrogen (secondary N) is 1. The monoisotopic (exact) mass is 389 g/mol. The van der Waals surface area contributed by atoms with Gasteiger partial charge in [0.1, 0.15) is 0 Å². The van der Waals surface area contributed by atoms with Crippen molar-refractivity contribution in [3.05, 3.63) is 35.4 Å². The molecule has 0 bridgehead atoms. The van der Waals surface area contributed by atoms with E-state index >= 15 is 0 Å². The lowest BCUT2D eigenvalue weighted by Crippen LogP contribution is -2.51. The number of morpholine rings is 1. The molecule has 3 atom stereocenters. The number of nitrogens with zero attached hydrogens (tertiary/aromatic N) is 2. The van der Waals surface area contributed by atoms with Crippen LogP contribution in [0.15, 0.2) is 24.3 Å². The number of benzene rings is 1. The molecule has 0 spiro atoms. The fourth-order valence-electron chi connectivity index (χ4n) is 4.13. The van der Waals surface area contributed by atoms with Gasteiger partial charge in [0, 0.05) is 32.7 Å². The lowest BCUT2D eigenvalue weighted by Gasteiger charge is -2.37. The minimum Gasteiger partial charge on any atom is -0.481 e. The molecule has 3 unspecified atom stereocenters. The average Bonchev–Trinajstić information content (AvgIpc) is 2.69. The molecule has 154 valence electrons. The van der Waals surface area contributed by atoms with E-state index in [-0.39, 0.29) is 24.5 Å². The largest absolute Gasteiger partial charge is 0.481 e. The average molecular weight is 389 g/mol. The number of rotatable bonds is 5. The molecule has 1 aromatic carbocycles. The van der Waals surface area contributed by atoms with Crippen molar-refractivity contribution in [2.45, 2.75) is 26.3 Å². The lowest BCUT2D eigenvalue weighted by molar-refractivity contribution is -0.143. The van der Waals surface area contributed by atoms with Crippen molar-refractivity contribution in [1.29, 1.82) is 0 Å². The molecule has 0 saturated carbocycles. The fourth-order valence-corrected chi connectivity index (χ4v) is 4.13. The number of carboxylic acid groups (broad SMARTS) is 1. The van der Waals surface area contributed by atoms with Crippen LogP contribution in [0.4, 0.5) is 4.79 Å². The van der Waals surface area contributed by atoms with Gasteiger partial charge in [-0.2, -0.15) is 0 Å². The molecule has 2 amide bonds. The summed E-state index contributed by atoms with van der Waals surface area (Å²) in [6.45, 7) is 8.47. The second-order valence-corrected chi connectivity index (χ2v) is 8.04. The minimum atomic E-state index is -0.824. The van der Waals surface area contributed by atoms with Gasteiger partial charge >= 0.3 is 12.0 Å². The van der Waals surface area contributed by atoms with Gasteiger partial charge in [-0.15, -0.1) is 0 Å².